The van der Waals surface area contributed by atoms with Gasteiger partial charge < -0.3 is 5.32 Å². The first-order valence-electron chi connectivity index (χ1n) is 5.86. The average Bonchev–Trinajstić information content (AvgIpc) is 2.42. The number of nitrogens with zero attached hydrogens (tertiary/aromatic N) is 1. The predicted octanol–water partition coefficient (Wildman–Crippen LogP) is 3.00. The Morgan fingerprint density at radius 1 is 1.20 bits per heavy atom. The fourth-order valence-electron chi connectivity index (χ4n) is 1.69. The van der Waals surface area contributed by atoms with Gasteiger partial charge in [0.1, 0.15) is 0 Å². The largest absolute Gasteiger partial charge is 0.386 e. The van der Waals surface area contributed by atoms with Gasteiger partial charge in [0.15, 0.2) is 5.03 Å². The van der Waals surface area contributed by atoms with E-state index in [1.165, 1.54) is 6.20 Å². The zero-order valence-electron chi connectivity index (χ0n) is 11.0. The first kappa shape index (κ1) is 14.8. The molecule has 0 amide bonds. The molecule has 0 bridgehead atoms. The minimum Gasteiger partial charge on any atom is -0.386 e. The molecule has 0 aliphatic carbocycles. The number of hydrogen-bond acceptors (Lipinski definition) is 4. The number of pyridine rings is 1. The molecule has 5 nitrogen and oxygen atoms in total. The highest BCUT2D eigenvalue weighted by atomic mass is 79.9. The molecule has 2 rings (SSSR count). The van der Waals surface area contributed by atoms with E-state index in [0.29, 0.717) is 11.4 Å². The molecular weight excluding hydrogens is 342 g/mol. The SMILES string of the molecule is CNc1cccnc1S(=O)(=O)Nc1cc(Br)ccc1C. The molecule has 0 atom stereocenters. The molecule has 0 saturated heterocycles. The maximum Gasteiger partial charge on any atom is 0.281 e. The van der Waals surface area contributed by atoms with Crippen molar-refractivity contribution in [2.75, 3.05) is 17.1 Å². The van der Waals surface area contributed by atoms with Crippen LogP contribution in [0.2, 0.25) is 0 Å². The second kappa shape index (κ2) is 5.80. The maximum atomic E-state index is 12.4. The number of aryl methyl sites for hydroxylation is 1. The highest BCUT2D eigenvalue weighted by Gasteiger charge is 2.20. The molecule has 7 heteroatoms. The number of sulfonamides is 1. The molecule has 2 aromatic rings. The van der Waals surface area contributed by atoms with E-state index in [1.807, 2.05) is 19.1 Å². The Balaban J connectivity index is 2.43. The quantitative estimate of drug-likeness (QED) is 0.884. The summed E-state index contributed by atoms with van der Waals surface area (Å²) in [6.07, 6.45) is 1.45. The van der Waals surface area contributed by atoms with Crippen LogP contribution < -0.4 is 10.0 Å². The van der Waals surface area contributed by atoms with Gasteiger partial charge in [0, 0.05) is 17.7 Å². The van der Waals surface area contributed by atoms with Crippen LogP contribution in [0.3, 0.4) is 0 Å². The number of hydrogen-bond donors (Lipinski definition) is 2. The van der Waals surface area contributed by atoms with Gasteiger partial charge in [-0.05, 0) is 36.8 Å². The third-order valence-electron chi connectivity index (χ3n) is 2.74. The number of benzene rings is 1. The molecule has 0 spiro atoms. The molecule has 1 aromatic carbocycles. The van der Waals surface area contributed by atoms with Gasteiger partial charge in [0.25, 0.3) is 10.0 Å². The van der Waals surface area contributed by atoms with Crippen molar-refractivity contribution < 1.29 is 8.42 Å². The van der Waals surface area contributed by atoms with Crippen LogP contribution in [0.25, 0.3) is 0 Å². The summed E-state index contributed by atoms with van der Waals surface area (Å²) in [4.78, 5) is 3.94. The fourth-order valence-corrected chi connectivity index (χ4v) is 3.32. The highest BCUT2D eigenvalue weighted by molar-refractivity contribution is 9.10. The number of nitrogens with one attached hydrogen (secondary N) is 2. The molecular formula is C13H14BrN3O2S. The van der Waals surface area contributed by atoms with Gasteiger partial charge in [0.2, 0.25) is 0 Å². The summed E-state index contributed by atoms with van der Waals surface area (Å²) in [5.74, 6) is 0. The lowest BCUT2D eigenvalue weighted by atomic mass is 10.2. The minimum atomic E-state index is -3.74. The minimum absolute atomic E-state index is 0.0260. The molecule has 2 N–H and O–H groups in total. The molecule has 106 valence electrons. The second-order valence-electron chi connectivity index (χ2n) is 4.17. The van der Waals surface area contributed by atoms with E-state index in [-0.39, 0.29) is 5.03 Å². The normalized spacial score (nSPS) is 11.2. The Kier molecular flexibility index (Phi) is 4.29. The van der Waals surface area contributed by atoms with Crippen molar-refractivity contribution in [3.63, 3.8) is 0 Å². The van der Waals surface area contributed by atoms with Crippen molar-refractivity contribution in [1.82, 2.24) is 4.98 Å². The molecule has 0 aliphatic rings. The van der Waals surface area contributed by atoms with Gasteiger partial charge in [0.05, 0.1) is 11.4 Å². The second-order valence-corrected chi connectivity index (χ2v) is 6.68. The van der Waals surface area contributed by atoms with E-state index >= 15 is 0 Å². The zero-order chi connectivity index (χ0) is 14.8. The Labute approximate surface area is 126 Å². The lowest BCUT2D eigenvalue weighted by Gasteiger charge is -2.12. The summed E-state index contributed by atoms with van der Waals surface area (Å²) in [6, 6.07) is 8.74. The molecule has 1 aromatic heterocycles. The highest BCUT2D eigenvalue weighted by Crippen LogP contribution is 2.25. The van der Waals surface area contributed by atoms with Crippen molar-refractivity contribution in [2.24, 2.45) is 0 Å². The van der Waals surface area contributed by atoms with Gasteiger partial charge >= 0.3 is 0 Å². The third-order valence-corrected chi connectivity index (χ3v) is 4.56. The van der Waals surface area contributed by atoms with E-state index in [4.69, 9.17) is 0 Å². The van der Waals surface area contributed by atoms with Crippen molar-refractivity contribution in [3.05, 3.63) is 46.6 Å². The number of aromatic nitrogens is 1. The summed E-state index contributed by atoms with van der Waals surface area (Å²) in [7, 11) is -2.09. The molecule has 0 unspecified atom stereocenters. The first-order chi connectivity index (χ1) is 9.44. The van der Waals surface area contributed by atoms with Gasteiger partial charge in [-0.25, -0.2) is 4.98 Å². The van der Waals surface area contributed by atoms with Crippen LogP contribution in [-0.2, 0) is 10.0 Å². The summed E-state index contributed by atoms with van der Waals surface area (Å²) in [5.41, 5.74) is 1.80. The van der Waals surface area contributed by atoms with E-state index in [0.717, 1.165) is 10.0 Å². The number of anilines is 2. The van der Waals surface area contributed by atoms with E-state index in [2.05, 4.69) is 31.0 Å². The van der Waals surface area contributed by atoms with Gasteiger partial charge in [-0.2, -0.15) is 8.42 Å². The zero-order valence-corrected chi connectivity index (χ0v) is 13.4. The molecule has 0 radical (unpaired) electrons. The van der Waals surface area contributed by atoms with Gasteiger partial charge in [-0.15, -0.1) is 0 Å². The molecule has 0 fully saturated rings. The van der Waals surface area contributed by atoms with Crippen LogP contribution in [0.15, 0.2) is 46.0 Å². The van der Waals surface area contributed by atoms with E-state index in [9.17, 15) is 8.42 Å². The van der Waals surface area contributed by atoms with Gasteiger partial charge in [-0.3, -0.25) is 4.72 Å². The third kappa shape index (κ3) is 3.10. The standard InChI is InChI=1S/C13H14BrN3O2S/c1-9-5-6-10(14)8-12(9)17-20(18,19)13-11(15-2)4-3-7-16-13/h3-8,15,17H,1-2H3. The topological polar surface area (TPSA) is 71.1 Å². The smallest absolute Gasteiger partial charge is 0.281 e. The van der Waals surface area contributed by atoms with Crippen molar-refractivity contribution in [1.29, 1.82) is 0 Å². The average molecular weight is 356 g/mol. The lowest BCUT2D eigenvalue weighted by molar-refractivity contribution is 0.598. The van der Waals surface area contributed by atoms with E-state index in [1.54, 1.807) is 25.2 Å². The Morgan fingerprint density at radius 3 is 2.65 bits per heavy atom. The molecule has 1 heterocycles. The fraction of sp³-hybridized carbons (Fsp3) is 0.154. The van der Waals surface area contributed by atoms with Gasteiger partial charge in [-0.1, -0.05) is 22.0 Å². The summed E-state index contributed by atoms with van der Waals surface area (Å²) in [6.45, 7) is 1.84. The van der Waals surface area contributed by atoms with E-state index < -0.39 is 10.0 Å². The first-order valence-corrected chi connectivity index (χ1v) is 8.13. The Bertz CT molecular complexity index is 732. The summed E-state index contributed by atoms with van der Waals surface area (Å²) in [5, 5.41) is 2.80. The van der Waals surface area contributed by atoms with Crippen molar-refractivity contribution in [2.45, 2.75) is 11.9 Å². The molecule has 20 heavy (non-hydrogen) atoms. The van der Waals surface area contributed by atoms with Crippen LogP contribution in [0.1, 0.15) is 5.56 Å². The Morgan fingerprint density at radius 2 is 1.95 bits per heavy atom. The van der Waals surface area contributed by atoms with Crippen LogP contribution in [0, 0.1) is 6.92 Å². The van der Waals surface area contributed by atoms with Crippen molar-refractivity contribution >= 4 is 37.3 Å². The molecule has 0 saturated carbocycles. The Hall–Kier alpha value is -1.60. The van der Waals surface area contributed by atoms with Crippen LogP contribution in [-0.4, -0.2) is 20.4 Å². The van der Waals surface area contributed by atoms with Crippen LogP contribution in [0.4, 0.5) is 11.4 Å². The van der Waals surface area contributed by atoms with Crippen molar-refractivity contribution in [3.8, 4) is 0 Å². The number of halogens is 1. The van der Waals surface area contributed by atoms with Crippen LogP contribution in [0.5, 0.6) is 0 Å². The monoisotopic (exact) mass is 355 g/mol. The predicted molar refractivity (Wildman–Crippen MR) is 83.5 cm³/mol. The number of rotatable bonds is 4. The lowest BCUT2D eigenvalue weighted by Crippen LogP contribution is -2.16. The van der Waals surface area contributed by atoms with Crippen LogP contribution >= 0.6 is 15.9 Å². The maximum absolute atomic E-state index is 12.4. The summed E-state index contributed by atoms with van der Waals surface area (Å²) >= 11 is 3.33. The molecule has 0 aliphatic heterocycles. The summed E-state index contributed by atoms with van der Waals surface area (Å²) < 4.78 is 28.2.